The number of carbonyl (C=O) groups is 1. The Kier molecular flexibility index (Phi) is 4.62. The van der Waals surface area contributed by atoms with Gasteiger partial charge in [0.2, 0.25) is 0 Å². The van der Waals surface area contributed by atoms with Crippen molar-refractivity contribution >= 4 is 22.8 Å². The maximum absolute atomic E-state index is 11.8. The van der Waals surface area contributed by atoms with E-state index in [1.165, 1.54) is 0 Å². The summed E-state index contributed by atoms with van der Waals surface area (Å²) in [6.07, 6.45) is -0.319. The molecule has 0 fully saturated rings. The van der Waals surface area contributed by atoms with Crippen LogP contribution in [-0.4, -0.2) is 35.2 Å². The number of aliphatic carboxylic acids is 1. The van der Waals surface area contributed by atoms with E-state index >= 15 is 0 Å². The van der Waals surface area contributed by atoms with E-state index in [0.29, 0.717) is 24.4 Å². The zero-order valence-electron chi connectivity index (χ0n) is 11.7. The van der Waals surface area contributed by atoms with Crippen LogP contribution in [0.5, 0.6) is 5.75 Å². The van der Waals surface area contributed by atoms with Gasteiger partial charge >= 0.3 is 5.97 Å². The molecule has 1 aromatic heterocycles. The first kappa shape index (κ1) is 15.4. The van der Waals surface area contributed by atoms with E-state index in [1.807, 2.05) is 0 Å². The van der Waals surface area contributed by atoms with Crippen LogP contribution in [0.25, 0.3) is 10.9 Å². The molecule has 1 heterocycles. The number of ether oxygens (including phenoxy) is 1. The zero-order chi connectivity index (χ0) is 16.1. The maximum atomic E-state index is 11.8. The first-order chi connectivity index (χ1) is 10.5. The van der Waals surface area contributed by atoms with Gasteiger partial charge in [0.1, 0.15) is 12.4 Å². The predicted molar refractivity (Wildman–Crippen MR) is 81.3 cm³/mol. The Hall–Kier alpha value is -3.03. The average Bonchev–Trinajstić information content (AvgIpc) is 2.44. The highest BCUT2D eigenvalue weighted by Gasteiger charge is 2.08. The Bertz CT molecular complexity index is 769. The van der Waals surface area contributed by atoms with Gasteiger partial charge in [-0.2, -0.15) is 0 Å². The fraction of sp³-hybridized carbons (Fsp3) is 0.214. The van der Waals surface area contributed by atoms with Gasteiger partial charge in [0.25, 0.3) is 5.56 Å². The van der Waals surface area contributed by atoms with Gasteiger partial charge in [0.05, 0.1) is 18.5 Å². The second-order valence-electron chi connectivity index (χ2n) is 4.63. The molecule has 0 saturated heterocycles. The largest absolute Gasteiger partial charge is 0.492 e. The van der Waals surface area contributed by atoms with Crippen LogP contribution in [0, 0.1) is 5.41 Å². The molecule has 0 spiro atoms. The fourth-order valence-corrected chi connectivity index (χ4v) is 1.96. The third-order valence-electron chi connectivity index (χ3n) is 2.92. The standard InChI is InChI=1S/C14H16N4O4/c15-14(16)17-3-4-22-10-2-1-8-5-9(6-12(19)20)13(21)18-11(8)7-10/h1-2,5,7H,3-4,6H2,(H,18,21)(H,19,20)(H4,15,16,17). The van der Waals surface area contributed by atoms with Crippen LogP contribution in [0.15, 0.2) is 29.1 Å². The molecule has 8 nitrogen and oxygen atoms in total. The summed E-state index contributed by atoms with van der Waals surface area (Å²) in [6, 6.07) is 6.68. The van der Waals surface area contributed by atoms with Crippen LogP contribution < -0.4 is 21.3 Å². The molecule has 22 heavy (non-hydrogen) atoms. The number of carboxylic acid groups (broad SMARTS) is 1. The summed E-state index contributed by atoms with van der Waals surface area (Å²) in [4.78, 5) is 25.2. The molecular formula is C14H16N4O4. The van der Waals surface area contributed by atoms with Crippen LogP contribution in [0.2, 0.25) is 0 Å². The number of hydrogen-bond acceptors (Lipinski definition) is 4. The van der Waals surface area contributed by atoms with Crippen molar-refractivity contribution in [1.82, 2.24) is 10.3 Å². The topological polar surface area (TPSA) is 141 Å². The van der Waals surface area contributed by atoms with Gasteiger partial charge in [0.15, 0.2) is 5.96 Å². The van der Waals surface area contributed by atoms with Crippen molar-refractivity contribution in [2.45, 2.75) is 6.42 Å². The number of H-pyrrole nitrogens is 1. The number of nitrogens with one attached hydrogen (secondary N) is 3. The number of carboxylic acids is 1. The summed E-state index contributed by atoms with van der Waals surface area (Å²) < 4.78 is 5.47. The minimum absolute atomic E-state index is 0.127. The molecule has 0 atom stereocenters. The molecule has 2 rings (SSSR count). The van der Waals surface area contributed by atoms with Gasteiger partial charge in [-0.05, 0) is 23.6 Å². The first-order valence-electron chi connectivity index (χ1n) is 6.54. The second kappa shape index (κ2) is 6.61. The van der Waals surface area contributed by atoms with Crippen LogP contribution >= 0.6 is 0 Å². The van der Waals surface area contributed by atoms with Gasteiger partial charge in [-0.15, -0.1) is 0 Å². The van der Waals surface area contributed by atoms with Crippen molar-refractivity contribution in [2.24, 2.45) is 5.73 Å². The lowest BCUT2D eigenvalue weighted by molar-refractivity contribution is -0.136. The van der Waals surface area contributed by atoms with E-state index < -0.39 is 11.5 Å². The SMILES string of the molecule is N=C(N)NCCOc1ccc2cc(CC(=O)O)c(=O)[nH]c2c1. The monoisotopic (exact) mass is 304 g/mol. The molecular weight excluding hydrogens is 288 g/mol. The Morgan fingerprint density at radius 2 is 2.18 bits per heavy atom. The Morgan fingerprint density at radius 1 is 1.41 bits per heavy atom. The zero-order valence-corrected chi connectivity index (χ0v) is 11.7. The van der Waals surface area contributed by atoms with E-state index in [2.05, 4.69) is 10.3 Å². The van der Waals surface area contributed by atoms with E-state index in [9.17, 15) is 9.59 Å². The number of hydrogen-bond donors (Lipinski definition) is 5. The summed E-state index contributed by atoms with van der Waals surface area (Å²) in [5, 5.41) is 19.1. The number of fused-ring (bicyclic) bond motifs is 1. The molecule has 0 bridgehead atoms. The molecule has 2 aromatic rings. The van der Waals surface area contributed by atoms with Crippen LogP contribution in [0.3, 0.4) is 0 Å². The highest BCUT2D eigenvalue weighted by molar-refractivity contribution is 5.81. The third kappa shape index (κ3) is 3.98. The number of rotatable bonds is 6. The van der Waals surface area contributed by atoms with E-state index in [-0.39, 0.29) is 17.9 Å². The summed E-state index contributed by atoms with van der Waals surface area (Å²) in [7, 11) is 0. The average molecular weight is 304 g/mol. The van der Waals surface area contributed by atoms with Crippen LogP contribution in [-0.2, 0) is 11.2 Å². The normalized spacial score (nSPS) is 10.4. The second-order valence-corrected chi connectivity index (χ2v) is 4.63. The highest BCUT2D eigenvalue weighted by Crippen LogP contribution is 2.19. The Labute approximate surface area is 125 Å². The maximum Gasteiger partial charge on any atom is 0.308 e. The molecule has 1 aromatic carbocycles. The lowest BCUT2D eigenvalue weighted by atomic mass is 10.1. The van der Waals surface area contributed by atoms with Crippen LogP contribution in [0.4, 0.5) is 0 Å². The molecule has 0 aliphatic carbocycles. The molecule has 6 N–H and O–H groups in total. The molecule has 8 heteroatoms. The lowest BCUT2D eigenvalue weighted by Gasteiger charge is -2.08. The fourth-order valence-electron chi connectivity index (χ4n) is 1.96. The van der Waals surface area contributed by atoms with Crippen molar-refractivity contribution in [3.8, 4) is 5.75 Å². The molecule has 0 aliphatic heterocycles. The number of aromatic amines is 1. The van der Waals surface area contributed by atoms with Crippen LogP contribution in [0.1, 0.15) is 5.56 Å². The third-order valence-corrected chi connectivity index (χ3v) is 2.92. The van der Waals surface area contributed by atoms with Gasteiger partial charge < -0.3 is 25.9 Å². The van der Waals surface area contributed by atoms with Gasteiger partial charge in [-0.25, -0.2) is 0 Å². The first-order valence-corrected chi connectivity index (χ1v) is 6.54. The lowest BCUT2D eigenvalue weighted by Crippen LogP contribution is -2.33. The number of pyridine rings is 1. The molecule has 0 radical (unpaired) electrons. The number of aromatic nitrogens is 1. The van der Waals surface area contributed by atoms with Crippen molar-refractivity contribution in [1.29, 1.82) is 5.41 Å². The summed E-state index contributed by atoms with van der Waals surface area (Å²) in [6.45, 7) is 0.702. The van der Waals surface area contributed by atoms with Crippen molar-refractivity contribution < 1.29 is 14.6 Å². The van der Waals surface area contributed by atoms with E-state index in [1.54, 1.807) is 24.3 Å². The summed E-state index contributed by atoms with van der Waals surface area (Å²) in [5.41, 5.74) is 5.49. The quantitative estimate of drug-likeness (QED) is 0.289. The predicted octanol–water partition coefficient (Wildman–Crippen LogP) is 0.0171. The van der Waals surface area contributed by atoms with Gasteiger partial charge in [-0.3, -0.25) is 15.0 Å². The Balaban J connectivity index is 2.15. The number of benzene rings is 1. The summed E-state index contributed by atoms with van der Waals surface area (Å²) >= 11 is 0. The minimum atomic E-state index is -1.05. The van der Waals surface area contributed by atoms with Gasteiger partial charge in [-0.1, -0.05) is 0 Å². The number of nitrogens with two attached hydrogens (primary N) is 1. The molecule has 116 valence electrons. The van der Waals surface area contributed by atoms with Crippen molar-refractivity contribution in [3.05, 3.63) is 40.2 Å². The molecule has 0 unspecified atom stereocenters. The summed E-state index contributed by atoms with van der Waals surface area (Å²) in [5.74, 6) is -0.625. The minimum Gasteiger partial charge on any atom is -0.492 e. The van der Waals surface area contributed by atoms with Gasteiger partial charge in [0, 0.05) is 11.6 Å². The molecule has 0 saturated carbocycles. The van der Waals surface area contributed by atoms with E-state index in [0.717, 1.165) is 5.39 Å². The highest BCUT2D eigenvalue weighted by atomic mass is 16.5. The molecule has 0 amide bonds. The Morgan fingerprint density at radius 3 is 2.86 bits per heavy atom. The van der Waals surface area contributed by atoms with Crippen molar-refractivity contribution in [2.75, 3.05) is 13.2 Å². The molecule has 0 aliphatic rings. The smallest absolute Gasteiger partial charge is 0.308 e. The van der Waals surface area contributed by atoms with E-state index in [4.69, 9.17) is 21.0 Å². The van der Waals surface area contributed by atoms with Crippen molar-refractivity contribution in [3.63, 3.8) is 0 Å². The number of guanidine groups is 1.